The van der Waals surface area contributed by atoms with Crippen molar-refractivity contribution in [2.24, 2.45) is 0 Å². The fourth-order valence-electron chi connectivity index (χ4n) is 1.81. The molecule has 0 aromatic heterocycles. The molecule has 1 atom stereocenters. The van der Waals surface area contributed by atoms with E-state index in [9.17, 15) is 0 Å². The molecule has 1 aromatic rings. The molecule has 1 nitrogen and oxygen atoms in total. The summed E-state index contributed by atoms with van der Waals surface area (Å²) in [6, 6.07) is 9.14. The van der Waals surface area contributed by atoms with Crippen LogP contribution in [0.1, 0.15) is 32.3 Å². The molecule has 1 rings (SSSR count). The van der Waals surface area contributed by atoms with E-state index in [2.05, 4.69) is 55.3 Å². The van der Waals surface area contributed by atoms with Crippen LogP contribution in [0.25, 0.3) is 0 Å². The zero-order valence-corrected chi connectivity index (χ0v) is 12.4. The molecule has 18 heavy (non-hydrogen) atoms. The van der Waals surface area contributed by atoms with Gasteiger partial charge in [0.2, 0.25) is 0 Å². The summed E-state index contributed by atoms with van der Waals surface area (Å²) in [4.78, 5) is 1.39. The van der Waals surface area contributed by atoms with Crippen molar-refractivity contribution in [1.29, 1.82) is 0 Å². The fourth-order valence-corrected chi connectivity index (χ4v) is 2.95. The first-order valence-electron chi connectivity index (χ1n) is 6.59. The van der Waals surface area contributed by atoms with E-state index in [0.717, 1.165) is 25.1 Å². The highest BCUT2D eigenvalue weighted by Crippen LogP contribution is 2.23. The monoisotopic (exact) mass is 261 g/mol. The van der Waals surface area contributed by atoms with Crippen LogP contribution in [0, 0.1) is 18.8 Å². The molecule has 0 saturated carbocycles. The predicted molar refractivity (Wildman–Crippen MR) is 82.1 cm³/mol. The summed E-state index contributed by atoms with van der Waals surface area (Å²) in [6.07, 6.45) is 2.12. The minimum atomic E-state index is 0.556. The van der Waals surface area contributed by atoms with Crippen molar-refractivity contribution in [2.45, 2.75) is 44.6 Å². The Bertz CT molecular complexity index is 403. The average molecular weight is 261 g/mol. The number of benzene rings is 1. The van der Waals surface area contributed by atoms with Crippen LogP contribution in [-0.4, -0.2) is 18.3 Å². The zero-order chi connectivity index (χ0) is 13.2. The van der Waals surface area contributed by atoms with Gasteiger partial charge in [-0.3, -0.25) is 0 Å². The van der Waals surface area contributed by atoms with Gasteiger partial charge in [0, 0.05) is 23.1 Å². The van der Waals surface area contributed by atoms with Crippen LogP contribution in [-0.2, 0) is 0 Å². The Labute approximate surface area is 116 Å². The van der Waals surface area contributed by atoms with Gasteiger partial charge in [-0.15, -0.1) is 23.6 Å². The van der Waals surface area contributed by atoms with E-state index in [-0.39, 0.29) is 0 Å². The van der Waals surface area contributed by atoms with E-state index in [1.807, 2.05) is 18.7 Å². The second-order valence-corrected chi connectivity index (χ2v) is 5.36. The quantitative estimate of drug-likeness (QED) is 0.591. The van der Waals surface area contributed by atoms with Gasteiger partial charge >= 0.3 is 0 Å². The lowest BCUT2D eigenvalue weighted by atomic mass is 10.2. The molecule has 98 valence electrons. The number of hydrogen-bond donors (Lipinski definition) is 1. The minimum Gasteiger partial charge on any atom is -0.313 e. The topological polar surface area (TPSA) is 12.0 Å². The third-order valence-electron chi connectivity index (χ3n) is 2.82. The molecule has 0 saturated heterocycles. The molecular formula is C16H23NS. The van der Waals surface area contributed by atoms with Gasteiger partial charge in [0.05, 0.1) is 0 Å². The van der Waals surface area contributed by atoms with Gasteiger partial charge in [0.15, 0.2) is 0 Å². The van der Waals surface area contributed by atoms with Crippen LogP contribution in [0.4, 0.5) is 0 Å². The molecule has 0 fully saturated rings. The average Bonchev–Trinajstić information content (AvgIpc) is 2.38. The van der Waals surface area contributed by atoms with Gasteiger partial charge in [-0.25, -0.2) is 0 Å². The summed E-state index contributed by atoms with van der Waals surface area (Å²) in [5.41, 5.74) is 1.37. The van der Waals surface area contributed by atoms with Crippen LogP contribution in [0.2, 0.25) is 0 Å². The smallest absolute Gasteiger partial charge is 0.0170 e. The summed E-state index contributed by atoms with van der Waals surface area (Å²) >= 11 is 1.94. The van der Waals surface area contributed by atoms with Crippen LogP contribution in [0.15, 0.2) is 29.2 Å². The number of nitrogens with one attached hydrogen (secondary N) is 1. The van der Waals surface area contributed by atoms with Crippen LogP contribution in [0.5, 0.6) is 0 Å². The van der Waals surface area contributed by atoms with Gasteiger partial charge in [-0.1, -0.05) is 25.1 Å². The molecule has 1 N–H and O–H groups in total. The number of hydrogen-bond acceptors (Lipinski definition) is 2. The van der Waals surface area contributed by atoms with E-state index >= 15 is 0 Å². The second-order valence-electron chi connectivity index (χ2n) is 4.30. The van der Waals surface area contributed by atoms with E-state index in [1.54, 1.807) is 0 Å². The maximum absolute atomic E-state index is 3.54. The number of aryl methyl sites for hydroxylation is 1. The van der Waals surface area contributed by atoms with E-state index < -0.39 is 0 Å². The van der Waals surface area contributed by atoms with Crippen LogP contribution in [0.3, 0.4) is 0 Å². The van der Waals surface area contributed by atoms with Gasteiger partial charge in [-0.05, 0) is 38.4 Å². The molecule has 0 aliphatic heterocycles. The molecule has 0 aliphatic rings. The van der Waals surface area contributed by atoms with Crippen molar-refractivity contribution in [3.8, 4) is 11.8 Å². The van der Waals surface area contributed by atoms with Gasteiger partial charge in [0.25, 0.3) is 0 Å². The number of thioether (sulfide) groups is 1. The van der Waals surface area contributed by atoms with Gasteiger partial charge < -0.3 is 5.32 Å². The first-order chi connectivity index (χ1) is 8.77. The number of rotatable bonds is 7. The Kier molecular flexibility index (Phi) is 7.64. The van der Waals surface area contributed by atoms with Crippen molar-refractivity contribution < 1.29 is 0 Å². The van der Waals surface area contributed by atoms with E-state index in [1.165, 1.54) is 10.5 Å². The van der Waals surface area contributed by atoms with E-state index in [0.29, 0.717) is 6.04 Å². The molecule has 1 unspecified atom stereocenters. The SMILES string of the molecule is CC#CCCC(CSc1ccccc1C)NCC. The molecule has 0 aliphatic carbocycles. The standard InChI is InChI=1S/C16H23NS/c1-4-6-7-11-15(17-5-2)13-18-16-12-9-8-10-14(16)3/h8-10,12,15,17H,5,7,11,13H2,1-3H3. The Hall–Kier alpha value is -0.910. The largest absolute Gasteiger partial charge is 0.313 e. The lowest BCUT2D eigenvalue weighted by Gasteiger charge is -2.16. The first-order valence-corrected chi connectivity index (χ1v) is 7.58. The molecular weight excluding hydrogens is 238 g/mol. The molecule has 0 spiro atoms. The summed E-state index contributed by atoms with van der Waals surface area (Å²) in [5.74, 6) is 7.23. The van der Waals surface area contributed by atoms with Crippen LogP contribution >= 0.6 is 11.8 Å². The van der Waals surface area contributed by atoms with Gasteiger partial charge in [-0.2, -0.15) is 0 Å². The molecule has 0 heterocycles. The van der Waals surface area contributed by atoms with E-state index in [4.69, 9.17) is 0 Å². The highest BCUT2D eigenvalue weighted by molar-refractivity contribution is 7.99. The summed E-state index contributed by atoms with van der Waals surface area (Å²) in [5, 5.41) is 3.54. The third kappa shape index (κ3) is 5.62. The predicted octanol–water partition coefficient (Wildman–Crippen LogP) is 3.87. The van der Waals surface area contributed by atoms with Crippen molar-refractivity contribution in [3.05, 3.63) is 29.8 Å². The molecule has 0 bridgehead atoms. The maximum atomic E-state index is 3.54. The van der Waals surface area contributed by atoms with Crippen molar-refractivity contribution in [2.75, 3.05) is 12.3 Å². The second kappa shape index (κ2) is 9.08. The lowest BCUT2D eigenvalue weighted by Crippen LogP contribution is -2.31. The Morgan fingerprint density at radius 2 is 2.11 bits per heavy atom. The Morgan fingerprint density at radius 1 is 1.33 bits per heavy atom. The summed E-state index contributed by atoms with van der Waals surface area (Å²) < 4.78 is 0. The molecule has 2 heteroatoms. The van der Waals surface area contributed by atoms with Crippen LogP contribution < -0.4 is 5.32 Å². The Balaban J connectivity index is 2.45. The highest BCUT2D eigenvalue weighted by Gasteiger charge is 2.08. The Morgan fingerprint density at radius 3 is 2.78 bits per heavy atom. The first kappa shape index (κ1) is 15.1. The fraction of sp³-hybridized carbons (Fsp3) is 0.500. The maximum Gasteiger partial charge on any atom is 0.0170 e. The normalized spacial score (nSPS) is 11.7. The van der Waals surface area contributed by atoms with Crippen molar-refractivity contribution >= 4 is 11.8 Å². The van der Waals surface area contributed by atoms with Crippen molar-refractivity contribution in [3.63, 3.8) is 0 Å². The van der Waals surface area contributed by atoms with Crippen molar-refractivity contribution in [1.82, 2.24) is 5.32 Å². The summed E-state index contributed by atoms with van der Waals surface area (Å²) in [6.45, 7) is 7.27. The third-order valence-corrected chi connectivity index (χ3v) is 4.16. The minimum absolute atomic E-state index is 0.556. The molecule has 0 amide bonds. The zero-order valence-electron chi connectivity index (χ0n) is 11.6. The van der Waals surface area contributed by atoms with Gasteiger partial charge in [0.1, 0.15) is 0 Å². The lowest BCUT2D eigenvalue weighted by molar-refractivity contribution is 0.545. The summed E-state index contributed by atoms with van der Waals surface area (Å²) in [7, 11) is 0. The molecule has 0 radical (unpaired) electrons. The highest BCUT2D eigenvalue weighted by atomic mass is 32.2. The molecule has 1 aromatic carbocycles.